The van der Waals surface area contributed by atoms with Gasteiger partial charge in [-0.25, -0.2) is 0 Å². The van der Waals surface area contributed by atoms with E-state index in [2.05, 4.69) is 41.6 Å². The molecule has 0 aliphatic rings. The second-order valence-electron chi connectivity index (χ2n) is 2.76. The topological polar surface area (TPSA) is 9.23 Å². The Morgan fingerprint density at radius 1 is 1.33 bits per heavy atom. The molecule has 2 heteroatoms. The minimum Gasteiger partial charge on any atom is -0.373 e. The molecule has 0 amide bonds. The van der Waals surface area contributed by atoms with E-state index in [9.17, 15) is 0 Å². The van der Waals surface area contributed by atoms with Crippen LogP contribution in [0.25, 0.3) is 0 Å². The number of hydrogen-bond acceptors (Lipinski definition) is 1. The first-order valence-electron chi connectivity index (χ1n) is 4.04. The highest BCUT2D eigenvalue weighted by molar-refractivity contribution is 14.1. The Morgan fingerprint density at radius 2 is 2.00 bits per heavy atom. The molecule has 0 aromatic heterocycles. The van der Waals surface area contributed by atoms with Crippen LogP contribution in [-0.4, -0.2) is 10.5 Å². The van der Waals surface area contributed by atoms with Gasteiger partial charge < -0.3 is 4.74 Å². The van der Waals surface area contributed by atoms with E-state index in [0.717, 1.165) is 11.0 Å². The van der Waals surface area contributed by atoms with Gasteiger partial charge in [0.2, 0.25) is 0 Å². The molecule has 0 heterocycles. The fourth-order valence-electron chi connectivity index (χ4n) is 0.857. The maximum absolute atomic E-state index is 5.57. The van der Waals surface area contributed by atoms with E-state index in [1.165, 1.54) is 5.56 Å². The van der Waals surface area contributed by atoms with Crippen molar-refractivity contribution in [3.05, 3.63) is 35.9 Å². The molecule has 0 aliphatic carbocycles. The van der Waals surface area contributed by atoms with Crippen LogP contribution in [0.5, 0.6) is 0 Å². The summed E-state index contributed by atoms with van der Waals surface area (Å²) in [6.45, 7) is 2.82. The molecule has 0 N–H and O–H groups in total. The first-order chi connectivity index (χ1) is 5.83. The quantitative estimate of drug-likeness (QED) is 0.606. The lowest BCUT2D eigenvalue weighted by Crippen LogP contribution is -2.08. The van der Waals surface area contributed by atoms with Crippen molar-refractivity contribution in [2.45, 2.75) is 19.6 Å². The summed E-state index contributed by atoms with van der Waals surface area (Å²) in [4.78, 5) is 0. The molecular weight excluding hydrogens is 263 g/mol. The number of rotatable bonds is 4. The molecule has 0 saturated carbocycles. The van der Waals surface area contributed by atoms with Crippen LogP contribution in [-0.2, 0) is 11.3 Å². The van der Waals surface area contributed by atoms with Crippen LogP contribution < -0.4 is 0 Å². The van der Waals surface area contributed by atoms with Crippen molar-refractivity contribution in [1.29, 1.82) is 0 Å². The van der Waals surface area contributed by atoms with E-state index in [1.807, 2.05) is 18.2 Å². The van der Waals surface area contributed by atoms with E-state index in [1.54, 1.807) is 0 Å². The van der Waals surface area contributed by atoms with Gasteiger partial charge in [0.1, 0.15) is 0 Å². The smallest absolute Gasteiger partial charge is 0.0720 e. The van der Waals surface area contributed by atoms with Crippen LogP contribution in [0, 0.1) is 0 Å². The fraction of sp³-hybridized carbons (Fsp3) is 0.400. The van der Waals surface area contributed by atoms with E-state index >= 15 is 0 Å². The van der Waals surface area contributed by atoms with Crippen molar-refractivity contribution in [1.82, 2.24) is 0 Å². The number of halogens is 1. The molecule has 0 spiro atoms. The van der Waals surface area contributed by atoms with Crippen molar-refractivity contribution in [2.75, 3.05) is 4.43 Å². The summed E-state index contributed by atoms with van der Waals surface area (Å²) in [5.41, 5.74) is 1.24. The Balaban J connectivity index is 2.33. The van der Waals surface area contributed by atoms with Crippen LogP contribution in [0.2, 0.25) is 0 Å². The highest BCUT2D eigenvalue weighted by Crippen LogP contribution is 2.04. The molecule has 1 atom stereocenters. The first kappa shape index (κ1) is 9.99. The largest absolute Gasteiger partial charge is 0.373 e. The summed E-state index contributed by atoms with van der Waals surface area (Å²) in [5, 5.41) is 0. The predicted molar refractivity (Wildman–Crippen MR) is 59.6 cm³/mol. The van der Waals surface area contributed by atoms with Crippen molar-refractivity contribution >= 4 is 22.6 Å². The third-order valence-corrected chi connectivity index (χ3v) is 2.84. The first-order valence-corrected chi connectivity index (χ1v) is 5.57. The van der Waals surface area contributed by atoms with Gasteiger partial charge in [-0.05, 0) is 12.5 Å². The molecule has 0 saturated heterocycles. The van der Waals surface area contributed by atoms with Gasteiger partial charge in [0.05, 0.1) is 12.7 Å². The second kappa shape index (κ2) is 5.54. The summed E-state index contributed by atoms with van der Waals surface area (Å²) in [6, 6.07) is 10.3. The Hall–Kier alpha value is -0.0900. The van der Waals surface area contributed by atoms with Gasteiger partial charge in [0.25, 0.3) is 0 Å². The molecule has 0 unspecified atom stereocenters. The van der Waals surface area contributed by atoms with E-state index in [4.69, 9.17) is 4.74 Å². The summed E-state index contributed by atoms with van der Waals surface area (Å²) in [5.74, 6) is 0. The van der Waals surface area contributed by atoms with Crippen LogP contribution >= 0.6 is 22.6 Å². The lowest BCUT2D eigenvalue weighted by molar-refractivity contribution is 0.0706. The van der Waals surface area contributed by atoms with Gasteiger partial charge >= 0.3 is 0 Å². The summed E-state index contributed by atoms with van der Waals surface area (Å²) >= 11 is 2.33. The zero-order valence-corrected chi connectivity index (χ0v) is 9.32. The van der Waals surface area contributed by atoms with E-state index in [-0.39, 0.29) is 0 Å². The van der Waals surface area contributed by atoms with Crippen LogP contribution in [0.1, 0.15) is 12.5 Å². The van der Waals surface area contributed by atoms with Crippen LogP contribution in [0.15, 0.2) is 30.3 Å². The molecule has 1 aromatic carbocycles. The maximum atomic E-state index is 5.57. The number of benzene rings is 1. The van der Waals surface area contributed by atoms with Gasteiger partial charge in [-0.3, -0.25) is 0 Å². The fourth-order valence-corrected chi connectivity index (χ4v) is 1.11. The highest BCUT2D eigenvalue weighted by atomic mass is 127. The highest BCUT2D eigenvalue weighted by Gasteiger charge is 1.98. The summed E-state index contributed by atoms with van der Waals surface area (Å²) < 4.78 is 6.62. The Bertz CT molecular complexity index is 210. The molecule has 1 rings (SSSR count). The standard InChI is InChI=1S/C10H13IO/c1-9(7-11)12-8-10-5-3-2-4-6-10/h2-6,9H,7-8H2,1H3/t9-/m0/s1. The van der Waals surface area contributed by atoms with Crippen LogP contribution in [0.3, 0.4) is 0 Å². The Kier molecular flexibility index (Phi) is 4.61. The monoisotopic (exact) mass is 276 g/mol. The third-order valence-electron chi connectivity index (χ3n) is 1.59. The van der Waals surface area contributed by atoms with Crippen molar-refractivity contribution in [3.8, 4) is 0 Å². The van der Waals surface area contributed by atoms with Crippen LogP contribution in [0.4, 0.5) is 0 Å². The third kappa shape index (κ3) is 3.54. The Morgan fingerprint density at radius 3 is 2.58 bits per heavy atom. The molecule has 1 nitrogen and oxygen atoms in total. The van der Waals surface area contributed by atoms with Gasteiger partial charge in [-0.15, -0.1) is 0 Å². The molecule has 0 fully saturated rings. The summed E-state index contributed by atoms with van der Waals surface area (Å²) in [6.07, 6.45) is 0.353. The predicted octanol–water partition coefficient (Wildman–Crippen LogP) is 3.03. The second-order valence-corrected chi connectivity index (χ2v) is 3.64. The van der Waals surface area contributed by atoms with Crippen molar-refractivity contribution in [2.24, 2.45) is 0 Å². The molecule has 0 aliphatic heterocycles. The minimum absolute atomic E-state index is 0.353. The summed E-state index contributed by atoms with van der Waals surface area (Å²) in [7, 11) is 0. The van der Waals surface area contributed by atoms with Gasteiger partial charge in [-0.1, -0.05) is 52.9 Å². The normalized spacial score (nSPS) is 12.8. The van der Waals surface area contributed by atoms with E-state index in [0.29, 0.717) is 6.10 Å². The molecule has 1 aromatic rings. The van der Waals surface area contributed by atoms with Crippen molar-refractivity contribution < 1.29 is 4.74 Å². The minimum atomic E-state index is 0.353. The number of hydrogen-bond donors (Lipinski definition) is 0. The number of alkyl halides is 1. The molecule has 66 valence electrons. The lowest BCUT2D eigenvalue weighted by atomic mass is 10.2. The maximum Gasteiger partial charge on any atom is 0.0720 e. The number of ether oxygens (including phenoxy) is 1. The van der Waals surface area contributed by atoms with Gasteiger partial charge in [-0.2, -0.15) is 0 Å². The van der Waals surface area contributed by atoms with E-state index < -0.39 is 0 Å². The molecule has 0 radical (unpaired) electrons. The van der Waals surface area contributed by atoms with Gasteiger partial charge in [0.15, 0.2) is 0 Å². The SMILES string of the molecule is C[C@@H](CI)OCc1ccccc1. The lowest BCUT2D eigenvalue weighted by Gasteiger charge is -2.09. The average Bonchev–Trinajstić information content (AvgIpc) is 2.16. The zero-order chi connectivity index (χ0) is 8.81. The Labute approximate surface area is 87.3 Å². The van der Waals surface area contributed by atoms with Crippen molar-refractivity contribution in [3.63, 3.8) is 0 Å². The molecule has 0 bridgehead atoms. The van der Waals surface area contributed by atoms with Gasteiger partial charge in [0, 0.05) is 4.43 Å². The molecule has 12 heavy (non-hydrogen) atoms. The zero-order valence-electron chi connectivity index (χ0n) is 7.16. The average molecular weight is 276 g/mol. The molecular formula is C10H13IO.